The number of hydrogen-bond acceptors (Lipinski definition) is 5. The first-order valence-electron chi connectivity index (χ1n) is 7.89. The molecule has 0 saturated carbocycles. The number of methoxy groups -OCH3 is 1. The summed E-state index contributed by atoms with van der Waals surface area (Å²) in [6, 6.07) is 7.47. The van der Waals surface area contributed by atoms with E-state index in [1.807, 2.05) is 24.3 Å². The van der Waals surface area contributed by atoms with Crippen molar-refractivity contribution in [3.05, 3.63) is 42.0 Å². The lowest BCUT2D eigenvalue weighted by Gasteiger charge is -2.15. The van der Waals surface area contributed by atoms with Gasteiger partial charge in [-0.15, -0.1) is 0 Å². The van der Waals surface area contributed by atoms with Gasteiger partial charge in [-0.1, -0.05) is 24.3 Å². The van der Waals surface area contributed by atoms with Gasteiger partial charge in [0.1, 0.15) is 24.7 Å². The number of hydrogen-bond donors (Lipinski definition) is 0. The van der Waals surface area contributed by atoms with Crippen LogP contribution in [0.2, 0.25) is 0 Å². The van der Waals surface area contributed by atoms with E-state index in [-0.39, 0.29) is 12.6 Å². The van der Waals surface area contributed by atoms with Gasteiger partial charge < -0.3 is 19.0 Å². The average Bonchev–Trinajstić information content (AvgIpc) is 2.56. The van der Waals surface area contributed by atoms with E-state index in [0.29, 0.717) is 13.0 Å². The number of carbonyl (C=O) groups is 2. The van der Waals surface area contributed by atoms with Crippen LogP contribution in [0.3, 0.4) is 0 Å². The highest BCUT2D eigenvalue weighted by atomic mass is 16.5. The lowest BCUT2D eigenvalue weighted by atomic mass is 9.97. The predicted octanol–water partition coefficient (Wildman–Crippen LogP) is 3.31. The molecular formula is C19H26O5. The Kier molecular flexibility index (Phi) is 8.19. The molecule has 5 nitrogen and oxygen atoms in total. The van der Waals surface area contributed by atoms with Crippen molar-refractivity contribution in [1.29, 1.82) is 0 Å². The number of aldehydes is 1. The zero-order valence-corrected chi connectivity index (χ0v) is 14.8. The topological polar surface area (TPSA) is 61.8 Å². The number of carbonyl (C=O) groups excluding carboxylic acids is 2. The lowest BCUT2D eigenvalue weighted by molar-refractivity contribution is -0.151. The van der Waals surface area contributed by atoms with Crippen molar-refractivity contribution in [3.8, 4) is 5.75 Å². The van der Waals surface area contributed by atoms with Gasteiger partial charge in [-0.2, -0.15) is 0 Å². The van der Waals surface area contributed by atoms with Crippen LogP contribution in [0.15, 0.2) is 36.4 Å². The molecule has 0 fully saturated rings. The molecule has 1 aromatic carbocycles. The zero-order chi connectivity index (χ0) is 18.0. The summed E-state index contributed by atoms with van der Waals surface area (Å²) in [5.74, 6) is 0.522. The van der Waals surface area contributed by atoms with E-state index in [1.54, 1.807) is 40.0 Å². The lowest BCUT2D eigenvalue weighted by Crippen LogP contribution is -2.22. The van der Waals surface area contributed by atoms with Crippen molar-refractivity contribution in [2.45, 2.75) is 39.9 Å². The molecule has 5 heteroatoms. The monoisotopic (exact) mass is 334 g/mol. The van der Waals surface area contributed by atoms with Crippen LogP contribution >= 0.6 is 0 Å². The molecule has 0 saturated heterocycles. The zero-order valence-electron chi connectivity index (χ0n) is 14.8. The van der Waals surface area contributed by atoms with E-state index in [2.05, 4.69) is 0 Å². The van der Waals surface area contributed by atoms with Crippen LogP contribution in [0.25, 0.3) is 0 Å². The summed E-state index contributed by atoms with van der Waals surface area (Å²) in [6.07, 6.45) is 4.18. The highest BCUT2D eigenvalue weighted by Gasteiger charge is 2.22. The van der Waals surface area contributed by atoms with Crippen LogP contribution in [0.5, 0.6) is 5.75 Å². The van der Waals surface area contributed by atoms with Crippen LogP contribution in [0.4, 0.5) is 0 Å². The Hall–Kier alpha value is -2.14. The van der Waals surface area contributed by atoms with Crippen LogP contribution in [0.1, 0.15) is 32.8 Å². The van der Waals surface area contributed by atoms with Crippen LogP contribution in [-0.2, 0) is 25.7 Å². The van der Waals surface area contributed by atoms with E-state index in [0.717, 1.165) is 17.6 Å². The fourth-order valence-corrected chi connectivity index (χ4v) is 1.73. The minimum atomic E-state index is -0.526. The summed E-state index contributed by atoms with van der Waals surface area (Å²) in [5.41, 5.74) is 0.450. The fraction of sp³-hybridized carbons (Fsp3) is 0.474. The molecule has 1 rings (SSSR count). The molecule has 0 aromatic heterocycles. The third-order valence-electron chi connectivity index (χ3n) is 3.23. The Morgan fingerprint density at radius 1 is 1.17 bits per heavy atom. The highest BCUT2D eigenvalue weighted by Crippen LogP contribution is 2.15. The molecule has 1 atom stereocenters. The van der Waals surface area contributed by atoms with Gasteiger partial charge in [-0.05, 0) is 44.9 Å². The summed E-state index contributed by atoms with van der Waals surface area (Å²) in [4.78, 5) is 22.6. The smallest absolute Gasteiger partial charge is 0.311 e. The first-order chi connectivity index (χ1) is 11.4. The second kappa shape index (κ2) is 9.88. The summed E-state index contributed by atoms with van der Waals surface area (Å²) in [5, 5.41) is 0. The molecule has 0 N–H and O–H groups in total. The van der Waals surface area contributed by atoms with Crippen molar-refractivity contribution in [1.82, 2.24) is 0 Å². The first-order valence-corrected chi connectivity index (χ1v) is 7.89. The number of ether oxygens (including phenoxy) is 3. The summed E-state index contributed by atoms with van der Waals surface area (Å²) in [6.45, 7) is 5.94. The SMILES string of the molecule is COc1ccc(COC(C=O)C/C=C/COC(=O)C(C)(C)C)cc1. The van der Waals surface area contributed by atoms with Crippen LogP contribution in [0, 0.1) is 5.41 Å². The Bertz CT molecular complexity index is 540. The number of rotatable bonds is 9. The van der Waals surface area contributed by atoms with E-state index in [4.69, 9.17) is 14.2 Å². The fourth-order valence-electron chi connectivity index (χ4n) is 1.73. The van der Waals surface area contributed by atoms with Crippen molar-refractivity contribution in [3.63, 3.8) is 0 Å². The van der Waals surface area contributed by atoms with Crippen molar-refractivity contribution >= 4 is 12.3 Å². The van der Waals surface area contributed by atoms with Gasteiger partial charge in [0.25, 0.3) is 0 Å². The standard InChI is InChI=1S/C19H26O5/c1-19(2,3)18(21)23-12-6-5-7-17(13-20)24-14-15-8-10-16(22-4)11-9-15/h5-6,8-11,13,17H,7,12,14H2,1-4H3/b6-5+. The molecule has 0 aliphatic carbocycles. The van der Waals surface area contributed by atoms with E-state index in [9.17, 15) is 9.59 Å². The third kappa shape index (κ3) is 7.42. The minimum absolute atomic E-state index is 0.195. The van der Waals surface area contributed by atoms with E-state index >= 15 is 0 Å². The molecule has 0 heterocycles. The molecular weight excluding hydrogens is 308 g/mol. The normalized spacial score (nSPS) is 12.8. The maximum atomic E-state index is 11.6. The van der Waals surface area contributed by atoms with Crippen LogP contribution < -0.4 is 4.74 Å². The molecule has 0 spiro atoms. The van der Waals surface area contributed by atoms with Gasteiger partial charge in [0.15, 0.2) is 0 Å². The molecule has 24 heavy (non-hydrogen) atoms. The van der Waals surface area contributed by atoms with Gasteiger partial charge in [0, 0.05) is 0 Å². The largest absolute Gasteiger partial charge is 0.497 e. The van der Waals surface area contributed by atoms with Gasteiger partial charge >= 0.3 is 5.97 Å². The Morgan fingerprint density at radius 3 is 2.38 bits per heavy atom. The first kappa shape index (κ1) is 19.9. The number of esters is 1. The van der Waals surface area contributed by atoms with E-state index in [1.165, 1.54) is 0 Å². The molecule has 1 unspecified atom stereocenters. The van der Waals surface area contributed by atoms with Gasteiger partial charge in [-0.25, -0.2) is 0 Å². The minimum Gasteiger partial charge on any atom is -0.497 e. The predicted molar refractivity (Wildman–Crippen MR) is 91.8 cm³/mol. The Labute approximate surface area is 143 Å². The van der Waals surface area contributed by atoms with Crippen molar-refractivity contribution < 1.29 is 23.8 Å². The highest BCUT2D eigenvalue weighted by molar-refractivity contribution is 5.75. The maximum Gasteiger partial charge on any atom is 0.311 e. The molecule has 0 aliphatic heterocycles. The summed E-state index contributed by atoms with van der Waals surface area (Å²) < 4.78 is 15.8. The van der Waals surface area contributed by atoms with E-state index < -0.39 is 11.5 Å². The van der Waals surface area contributed by atoms with Gasteiger partial charge in [0.2, 0.25) is 0 Å². The molecule has 132 valence electrons. The summed E-state index contributed by atoms with van der Waals surface area (Å²) >= 11 is 0. The van der Waals surface area contributed by atoms with Crippen molar-refractivity contribution in [2.75, 3.05) is 13.7 Å². The van der Waals surface area contributed by atoms with Crippen LogP contribution in [-0.4, -0.2) is 32.1 Å². The second-order valence-electron chi connectivity index (χ2n) is 6.39. The maximum absolute atomic E-state index is 11.6. The molecule has 0 bridgehead atoms. The molecule has 1 aromatic rings. The quantitative estimate of drug-likeness (QED) is 0.394. The van der Waals surface area contributed by atoms with Gasteiger partial charge in [0.05, 0.1) is 19.1 Å². The Balaban J connectivity index is 2.32. The molecule has 0 amide bonds. The molecule has 0 aliphatic rings. The second-order valence-corrected chi connectivity index (χ2v) is 6.39. The summed E-state index contributed by atoms with van der Waals surface area (Å²) in [7, 11) is 1.61. The number of benzene rings is 1. The van der Waals surface area contributed by atoms with Crippen molar-refractivity contribution in [2.24, 2.45) is 5.41 Å². The van der Waals surface area contributed by atoms with Gasteiger partial charge in [-0.3, -0.25) is 4.79 Å². The average molecular weight is 334 g/mol. The third-order valence-corrected chi connectivity index (χ3v) is 3.23. The molecule has 0 radical (unpaired) electrons. The Morgan fingerprint density at radius 2 is 1.83 bits per heavy atom.